The summed E-state index contributed by atoms with van der Waals surface area (Å²) in [6.45, 7) is 1.96. The van der Waals surface area contributed by atoms with E-state index in [0.29, 0.717) is 29.4 Å². The molecule has 0 unspecified atom stereocenters. The molecule has 0 radical (unpaired) electrons. The first-order valence-electron chi connectivity index (χ1n) is 7.37. The lowest BCUT2D eigenvalue weighted by Gasteiger charge is -2.11. The number of hydrogen-bond acceptors (Lipinski definition) is 6. The van der Waals surface area contributed by atoms with Gasteiger partial charge in [-0.1, -0.05) is 6.92 Å². The van der Waals surface area contributed by atoms with Gasteiger partial charge in [0.05, 0.1) is 18.5 Å². The number of pyridine rings is 2. The van der Waals surface area contributed by atoms with E-state index in [1.165, 1.54) is 17.3 Å². The summed E-state index contributed by atoms with van der Waals surface area (Å²) < 4.78 is 6.60. The SMILES string of the molecule is CCc1nc(OC)ccc1NC(=O)c1ccnc(-n2cncn2)c1. The van der Waals surface area contributed by atoms with Crippen LogP contribution < -0.4 is 10.1 Å². The molecule has 0 saturated carbocycles. The summed E-state index contributed by atoms with van der Waals surface area (Å²) in [5, 5.41) is 6.88. The first-order valence-corrected chi connectivity index (χ1v) is 7.37. The number of ether oxygens (including phenoxy) is 1. The molecule has 0 aliphatic rings. The van der Waals surface area contributed by atoms with Crippen molar-refractivity contribution in [2.45, 2.75) is 13.3 Å². The Labute approximate surface area is 138 Å². The van der Waals surface area contributed by atoms with Crippen LogP contribution >= 0.6 is 0 Å². The maximum atomic E-state index is 12.5. The Morgan fingerprint density at radius 2 is 2.21 bits per heavy atom. The highest BCUT2D eigenvalue weighted by atomic mass is 16.5. The van der Waals surface area contributed by atoms with Crippen LogP contribution in [-0.4, -0.2) is 37.7 Å². The van der Waals surface area contributed by atoms with Crippen molar-refractivity contribution in [2.24, 2.45) is 0 Å². The number of carbonyl (C=O) groups excluding carboxylic acids is 1. The van der Waals surface area contributed by atoms with Crippen LogP contribution in [0.3, 0.4) is 0 Å². The lowest BCUT2D eigenvalue weighted by molar-refractivity contribution is 0.102. The molecule has 0 aliphatic heterocycles. The topological polar surface area (TPSA) is 94.8 Å². The van der Waals surface area contributed by atoms with Crippen LogP contribution in [0.4, 0.5) is 5.69 Å². The Morgan fingerprint density at radius 1 is 1.33 bits per heavy atom. The van der Waals surface area contributed by atoms with Crippen LogP contribution in [0.1, 0.15) is 23.0 Å². The largest absolute Gasteiger partial charge is 0.481 e. The van der Waals surface area contributed by atoms with Crippen molar-refractivity contribution < 1.29 is 9.53 Å². The number of carbonyl (C=O) groups is 1. The van der Waals surface area contributed by atoms with Crippen LogP contribution in [-0.2, 0) is 6.42 Å². The standard InChI is InChI=1S/C16H16N6O2/c1-3-12-13(4-5-15(20-12)24-2)21-16(23)11-6-7-18-14(8-11)22-10-17-9-19-22/h4-10H,3H2,1-2H3,(H,21,23). The van der Waals surface area contributed by atoms with Gasteiger partial charge in [-0.2, -0.15) is 5.10 Å². The molecule has 0 saturated heterocycles. The molecule has 8 nitrogen and oxygen atoms in total. The molecule has 0 atom stereocenters. The fourth-order valence-electron chi connectivity index (χ4n) is 2.18. The summed E-state index contributed by atoms with van der Waals surface area (Å²) in [5.41, 5.74) is 1.88. The minimum Gasteiger partial charge on any atom is -0.481 e. The Bertz CT molecular complexity index is 848. The van der Waals surface area contributed by atoms with Gasteiger partial charge in [0, 0.05) is 17.8 Å². The van der Waals surface area contributed by atoms with E-state index in [1.807, 2.05) is 6.92 Å². The molecule has 3 heterocycles. The van der Waals surface area contributed by atoms with Crippen molar-refractivity contribution in [3.63, 3.8) is 0 Å². The fraction of sp³-hybridized carbons (Fsp3) is 0.188. The van der Waals surface area contributed by atoms with Gasteiger partial charge in [0.2, 0.25) is 5.88 Å². The number of nitrogens with one attached hydrogen (secondary N) is 1. The van der Waals surface area contributed by atoms with E-state index in [9.17, 15) is 4.79 Å². The molecule has 0 aromatic carbocycles. The van der Waals surface area contributed by atoms with Crippen molar-refractivity contribution in [3.8, 4) is 11.7 Å². The minimum absolute atomic E-state index is 0.250. The van der Waals surface area contributed by atoms with Crippen LogP contribution in [0, 0.1) is 0 Å². The lowest BCUT2D eigenvalue weighted by atomic mass is 10.2. The highest BCUT2D eigenvalue weighted by Crippen LogP contribution is 2.19. The lowest BCUT2D eigenvalue weighted by Crippen LogP contribution is -2.15. The molecule has 0 fully saturated rings. The molecule has 0 spiro atoms. The summed E-state index contributed by atoms with van der Waals surface area (Å²) >= 11 is 0. The zero-order valence-corrected chi connectivity index (χ0v) is 13.3. The molecule has 8 heteroatoms. The smallest absolute Gasteiger partial charge is 0.255 e. The van der Waals surface area contributed by atoms with Gasteiger partial charge in [-0.25, -0.2) is 19.6 Å². The molecule has 122 valence electrons. The van der Waals surface area contributed by atoms with Gasteiger partial charge in [0.15, 0.2) is 5.82 Å². The number of amides is 1. The third kappa shape index (κ3) is 3.22. The number of nitrogens with zero attached hydrogens (tertiary/aromatic N) is 5. The number of hydrogen-bond donors (Lipinski definition) is 1. The molecule has 1 N–H and O–H groups in total. The molecule has 0 aliphatic carbocycles. The van der Waals surface area contributed by atoms with E-state index in [2.05, 4.69) is 25.4 Å². The predicted molar refractivity (Wildman–Crippen MR) is 87.3 cm³/mol. The quantitative estimate of drug-likeness (QED) is 0.770. The van der Waals surface area contributed by atoms with E-state index < -0.39 is 0 Å². The van der Waals surface area contributed by atoms with E-state index in [0.717, 1.165) is 5.69 Å². The summed E-state index contributed by atoms with van der Waals surface area (Å²) in [6, 6.07) is 6.77. The van der Waals surface area contributed by atoms with Crippen LogP contribution in [0.25, 0.3) is 5.82 Å². The van der Waals surface area contributed by atoms with Gasteiger partial charge in [-0.05, 0) is 24.6 Å². The van der Waals surface area contributed by atoms with E-state index >= 15 is 0 Å². The molecule has 3 aromatic rings. The number of aryl methyl sites for hydroxylation is 1. The second-order valence-corrected chi connectivity index (χ2v) is 4.90. The molecular formula is C16H16N6O2. The molecule has 0 bridgehead atoms. The van der Waals surface area contributed by atoms with Crippen LogP contribution in [0.5, 0.6) is 5.88 Å². The maximum Gasteiger partial charge on any atom is 0.255 e. The number of aromatic nitrogens is 5. The Morgan fingerprint density at radius 3 is 2.92 bits per heavy atom. The predicted octanol–water partition coefficient (Wildman–Crippen LogP) is 1.88. The van der Waals surface area contributed by atoms with Crippen molar-refractivity contribution in [1.29, 1.82) is 0 Å². The Hall–Kier alpha value is -3.29. The maximum absolute atomic E-state index is 12.5. The van der Waals surface area contributed by atoms with E-state index in [4.69, 9.17) is 4.74 Å². The first-order chi connectivity index (χ1) is 11.7. The first kappa shape index (κ1) is 15.6. The summed E-state index contributed by atoms with van der Waals surface area (Å²) in [6.07, 6.45) is 5.16. The van der Waals surface area contributed by atoms with Crippen molar-refractivity contribution >= 4 is 11.6 Å². The van der Waals surface area contributed by atoms with Crippen molar-refractivity contribution in [3.05, 3.63) is 54.4 Å². The van der Waals surface area contributed by atoms with Crippen molar-refractivity contribution in [1.82, 2.24) is 24.7 Å². The Kier molecular flexibility index (Phi) is 4.46. The molecular weight excluding hydrogens is 308 g/mol. The molecule has 3 aromatic heterocycles. The van der Waals surface area contributed by atoms with Gasteiger partial charge >= 0.3 is 0 Å². The summed E-state index contributed by atoms with van der Waals surface area (Å²) in [5.74, 6) is 0.784. The molecule has 24 heavy (non-hydrogen) atoms. The van der Waals surface area contributed by atoms with Gasteiger partial charge < -0.3 is 10.1 Å². The second-order valence-electron chi connectivity index (χ2n) is 4.90. The van der Waals surface area contributed by atoms with Gasteiger partial charge in [0.1, 0.15) is 12.7 Å². The minimum atomic E-state index is -0.250. The third-order valence-electron chi connectivity index (χ3n) is 3.40. The zero-order valence-electron chi connectivity index (χ0n) is 13.3. The van der Waals surface area contributed by atoms with Gasteiger partial charge in [0.25, 0.3) is 5.91 Å². The van der Waals surface area contributed by atoms with E-state index in [1.54, 1.807) is 37.6 Å². The molecule has 3 rings (SSSR count). The van der Waals surface area contributed by atoms with Gasteiger partial charge in [-0.3, -0.25) is 4.79 Å². The summed E-state index contributed by atoms with van der Waals surface area (Å²) in [7, 11) is 1.56. The average molecular weight is 324 g/mol. The monoisotopic (exact) mass is 324 g/mol. The van der Waals surface area contributed by atoms with Gasteiger partial charge in [-0.15, -0.1) is 0 Å². The Balaban J connectivity index is 1.84. The average Bonchev–Trinajstić information content (AvgIpc) is 3.17. The zero-order chi connectivity index (χ0) is 16.9. The second kappa shape index (κ2) is 6.86. The number of methoxy groups -OCH3 is 1. The fourth-order valence-corrected chi connectivity index (χ4v) is 2.18. The highest BCUT2D eigenvalue weighted by molar-refractivity contribution is 6.04. The van der Waals surface area contributed by atoms with Crippen molar-refractivity contribution in [2.75, 3.05) is 12.4 Å². The number of anilines is 1. The third-order valence-corrected chi connectivity index (χ3v) is 3.40. The molecule has 1 amide bonds. The van der Waals surface area contributed by atoms with Crippen LogP contribution in [0.15, 0.2) is 43.1 Å². The summed E-state index contributed by atoms with van der Waals surface area (Å²) in [4.78, 5) is 24.9. The van der Waals surface area contributed by atoms with E-state index in [-0.39, 0.29) is 5.91 Å². The normalized spacial score (nSPS) is 10.4. The highest BCUT2D eigenvalue weighted by Gasteiger charge is 2.12. The van der Waals surface area contributed by atoms with Crippen LogP contribution in [0.2, 0.25) is 0 Å². The number of rotatable bonds is 5.